The third kappa shape index (κ3) is 7.22. The Morgan fingerprint density at radius 3 is 2.77 bits per heavy atom. The highest BCUT2D eigenvalue weighted by molar-refractivity contribution is 6.31. The first kappa shape index (κ1) is 26.6. The van der Waals surface area contributed by atoms with Crippen molar-refractivity contribution in [3.05, 3.63) is 59.7 Å². The average molecular weight is 509 g/mol. The van der Waals surface area contributed by atoms with Crippen LogP contribution in [0.3, 0.4) is 0 Å². The summed E-state index contributed by atoms with van der Waals surface area (Å²) in [7, 11) is 1.50. The standard InChI is InChI=1S/C25H28ClF3N4O2/c1-4-18(13-20(26)16(2)27)31-24-19-14-21(22(35-3)12-17(19)7-9-30-24)32-23(34)6-5-10-33-11-8-25(28,29)15-33/h4,7,9,12-14H,2,5-6,8,10-11,15H2,1,3H3,(H,30,31)(H,32,34)/b18-4+,20-13+. The lowest BCUT2D eigenvalue weighted by molar-refractivity contribution is -0.116. The molecule has 1 aliphatic heterocycles. The number of nitrogens with one attached hydrogen (secondary N) is 2. The first-order chi connectivity index (χ1) is 16.6. The van der Waals surface area contributed by atoms with Gasteiger partial charge in [-0.15, -0.1) is 0 Å². The second-order valence-electron chi connectivity index (χ2n) is 8.23. The fourth-order valence-electron chi connectivity index (χ4n) is 3.78. The highest BCUT2D eigenvalue weighted by Gasteiger charge is 2.37. The van der Waals surface area contributed by atoms with Gasteiger partial charge >= 0.3 is 0 Å². The predicted octanol–water partition coefficient (Wildman–Crippen LogP) is 6.22. The Morgan fingerprint density at radius 1 is 1.37 bits per heavy atom. The minimum Gasteiger partial charge on any atom is -0.495 e. The zero-order valence-electron chi connectivity index (χ0n) is 19.6. The largest absolute Gasteiger partial charge is 0.495 e. The van der Waals surface area contributed by atoms with Crippen molar-refractivity contribution in [3.63, 3.8) is 0 Å². The molecule has 3 rings (SSSR count). The zero-order chi connectivity index (χ0) is 25.6. The van der Waals surface area contributed by atoms with Crippen LogP contribution in [0.15, 0.2) is 59.7 Å². The van der Waals surface area contributed by atoms with Gasteiger partial charge in [-0.2, -0.15) is 0 Å². The number of pyridine rings is 1. The number of halogens is 4. The molecule has 1 fully saturated rings. The Hall–Kier alpha value is -3.04. The van der Waals surface area contributed by atoms with Gasteiger partial charge in [0, 0.05) is 36.7 Å². The van der Waals surface area contributed by atoms with E-state index >= 15 is 0 Å². The molecular weight excluding hydrogens is 481 g/mol. The van der Waals surface area contributed by atoms with Gasteiger partial charge in [0.1, 0.15) is 17.4 Å². The number of benzene rings is 1. The first-order valence-corrected chi connectivity index (χ1v) is 11.5. The van der Waals surface area contributed by atoms with Crippen LogP contribution in [0.5, 0.6) is 5.75 Å². The number of hydrogen-bond acceptors (Lipinski definition) is 5. The molecule has 188 valence electrons. The molecule has 2 heterocycles. The Balaban J connectivity index is 1.75. The zero-order valence-corrected chi connectivity index (χ0v) is 20.4. The number of ether oxygens (including phenoxy) is 1. The van der Waals surface area contributed by atoms with Gasteiger partial charge in [-0.25, -0.2) is 18.2 Å². The van der Waals surface area contributed by atoms with E-state index in [1.54, 1.807) is 42.3 Å². The number of methoxy groups -OCH3 is 1. The number of hydrogen-bond donors (Lipinski definition) is 2. The molecule has 0 bridgehead atoms. The minimum atomic E-state index is -2.64. The quantitative estimate of drug-likeness (QED) is 0.373. The molecule has 0 spiro atoms. The molecule has 6 nitrogen and oxygen atoms in total. The Bertz CT molecular complexity index is 1170. The van der Waals surface area contributed by atoms with Crippen LogP contribution in [-0.2, 0) is 4.79 Å². The van der Waals surface area contributed by atoms with Crippen molar-refractivity contribution in [1.29, 1.82) is 0 Å². The number of nitrogens with zero attached hydrogens (tertiary/aromatic N) is 2. The van der Waals surface area contributed by atoms with Gasteiger partial charge < -0.3 is 15.4 Å². The van der Waals surface area contributed by atoms with E-state index in [0.717, 1.165) is 5.39 Å². The van der Waals surface area contributed by atoms with Gasteiger partial charge in [-0.1, -0.05) is 24.3 Å². The van der Waals surface area contributed by atoms with Crippen molar-refractivity contribution >= 4 is 39.8 Å². The molecule has 0 saturated carbocycles. The van der Waals surface area contributed by atoms with E-state index in [2.05, 4.69) is 22.2 Å². The molecule has 0 atom stereocenters. The number of amides is 1. The van der Waals surface area contributed by atoms with Gasteiger partial charge in [0.2, 0.25) is 5.91 Å². The molecule has 1 aliphatic rings. The maximum atomic E-state index is 13.3. The highest BCUT2D eigenvalue weighted by Crippen LogP contribution is 2.34. The summed E-state index contributed by atoms with van der Waals surface area (Å²) in [5, 5.41) is 7.29. The SMILES string of the molecule is C=C(F)/C(Cl)=C\C(=C/C)Nc1nccc2cc(OC)c(NC(=O)CCCN3CCC(F)(F)C3)cc12. The summed E-state index contributed by atoms with van der Waals surface area (Å²) in [6, 6.07) is 5.29. The number of alkyl halides is 2. The van der Waals surface area contributed by atoms with Crippen molar-refractivity contribution in [2.45, 2.75) is 32.1 Å². The number of rotatable bonds is 10. The van der Waals surface area contributed by atoms with Crippen LogP contribution in [-0.4, -0.2) is 48.5 Å². The minimum absolute atomic E-state index is 0.141. The number of likely N-dealkylation sites (tertiary alicyclic amines) is 1. The molecule has 10 heteroatoms. The Morgan fingerprint density at radius 2 is 2.14 bits per heavy atom. The third-order valence-corrected chi connectivity index (χ3v) is 5.91. The number of anilines is 2. The van der Waals surface area contributed by atoms with Crippen molar-refractivity contribution in [3.8, 4) is 5.75 Å². The summed E-state index contributed by atoms with van der Waals surface area (Å²) < 4.78 is 45.4. The molecule has 1 amide bonds. The van der Waals surface area contributed by atoms with E-state index < -0.39 is 11.7 Å². The molecule has 0 aliphatic carbocycles. The van der Waals surface area contributed by atoms with Crippen LogP contribution < -0.4 is 15.4 Å². The highest BCUT2D eigenvalue weighted by atomic mass is 35.5. The molecule has 0 radical (unpaired) electrons. The maximum Gasteiger partial charge on any atom is 0.261 e. The average Bonchev–Trinajstić information content (AvgIpc) is 3.16. The molecule has 2 aromatic rings. The fraction of sp³-hybridized carbons (Fsp3) is 0.360. The summed E-state index contributed by atoms with van der Waals surface area (Å²) >= 11 is 5.87. The second kappa shape index (κ2) is 11.6. The van der Waals surface area contributed by atoms with E-state index in [9.17, 15) is 18.0 Å². The van der Waals surface area contributed by atoms with E-state index in [1.165, 1.54) is 13.2 Å². The van der Waals surface area contributed by atoms with Gasteiger partial charge in [0.05, 0.1) is 24.4 Å². The van der Waals surface area contributed by atoms with E-state index in [4.69, 9.17) is 16.3 Å². The molecule has 2 N–H and O–H groups in total. The normalized spacial score (nSPS) is 16.4. The third-order valence-electron chi connectivity index (χ3n) is 5.60. The predicted molar refractivity (Wildman–Crippen MR) is 134 cm³/mol. The van der Waals surface area contributed by atoms with Crippen LogP contribution in [0.4, 0.5) is 24.7 Å². The lowest BCUT2D eigenvalue weighted by Gasteiger charge is -2.16. The number of fused-ring (bicyclic) bond motifs is 1. The van der Waals surface area contributed by atoms with Crippen molar-refractivity contribution in [2.75, 3.05) is 37.4 Å². The monoisotopic (exact) mass is 508 g/mol. The van der Waals surface area contributed by atoms with Crippen LogP contribution in [0.25, 0.3) is 10.8 Å². The number of carbonyl (C=O) groups excluding carboxylic acids is 1. The van der Waals surface area contributed by atoms with Crippen LogP contribution in [0.2, 0.25) is 0 Å². The lowest BCUT2D eigenvalue weighted by atomic mass is 10.1. The summed E-state index contributed by atoms with van der Waals surface area (Å²) in [6.07, 6.45) is 5.21. The van der Waals surface area contributed by atoms with Crippen molar-refractivity contribution in [2.24, 2.45) is 0 Å². The topological polar surface area (TPSA) is 66.5 Å². The van der Waals surface area contributed by atoms with Crippen LogP contribution in [0, 0.1) is 0 Å². The summed E-state index contributed by atoms with van der Waals surface area (Å²) in [4.78, 5) is 18.6. The molecule has 35 heavy (non-hydrogen) atoms. The van der Waals surface area contributed by atoms with Gasteiger partial charge in [-0.3, -0.25) is 9.69 Å². The van der Waals surface area contributed by atoms with Gasteiger partial charge in [0.15, 0.2) is 0 Å². The molecule has 0 unspecified atom stereocenters. The van der Waals surface area contributed by atoms with E-state index in [-0.39, 0.29) is 30.3 Å². The number of carbonyl (C=O) groups is 1. The molecule has 1 saturated heterocycles. The summed E-state index contributed by atoms with van der Waals surface area (Å²) in [5.74, 6) is -2.72. The molecular formula is C25H28ClF3N4O2. The van der Waals surface area contributed by atoms with E-state index in [0.29, 0.717) is 47.8 Å². The summed E-state index contributed by atoms with van der Waals surface area (Å²) in [5.41, 5.74) is 0.948. The first-order valence-electron chi connectivity index (χ1n) is 11.1. The van der Waals surface area contributed by atoms with Crippen LogP contribution in [0.1, 0.15) is 26.2 Å². The summed E-state index contributed by atoms with van der Waals surface area (Å²) in [6.45, 7) is 5.45. The van der Waals surface area contributed by atoms with Gasteiger partial charge in [-0.05, 0) is 49.6 Å². The van der Waals surface area contributed by atoms with Crippen LogP contribution >= 0.6 is 11.6 Å². The fourth-order valence-corrected chi connectivity index (χ4v) is 3.90. The smallest absolute Gasteiger partial charge is 0.261 e. The Labute approximate surface area is 207 Å². The Kier molecular flexibility index (Phi) is 8.80. The van der Waals surface area contributed by atoms with E-state index in [1.807, 2.05) is 0 Å². The molecule has 1 aromatic heterocycles. The lowest BCUT2D eigenvalue weighted by Crippen LogP contribution is -2.27. The van der Waals surface area contributed by atoms with Gasteiger partial charge in [0.25, 0.3) is 5.92 Å². The number of allylic oxidation sites excluding steroid dienone is 4. The van der Waals surface area contributed by atoms with Crippen molar-refractivity contribution < 1.29 is 22.7 Å². The second-order valence-corrected chi connectivity index (χ2v) is 8.64. The number of aromatic nitrogens is 1. The molecule has 1 aromatic carbocycles. The van der Waals surface area contributed by atoms with Crippen molar-refractivity contribution in [1.82, 2.24) is 9.88 Å². The maximum absolute atomic E-state index is 13.3.